The van der Waals surface area contributed by atoms with E-state index in [-0.39, 0.29) is 31.5 Å². The average molecular weight is 367 g/mol. The predicted octanol–water partition coefficient (Wildman–Crippen LogP) is 3.00. The van der Waals surface area contributed by atoms with Crippen molar-refractivity contribution in [3.63, 3.8) is 0 Å². The van der Waals surface area contributed by atoms with E-state index in [0.717, 1.165) is 18.0 Å². The van der Waals surface area contributed by atoms with Crippen LogP contribution in [0.2, 0.25) is 0 Å². The molecule has 0 fully saturated rings. The topological polar surface area (TPSA) is 83.4 Å². The minimum atomic E-state index is -4.69. The summed E-state index contributed by atoms with van der Waals surface area (Å²) in [6.45, 7) is 0.335. The summed E-state index contributed by atoms with van der Waals surface area (Å²) < 4.78 is 37.6. The highest BCUT2D eigenvalue weighted by Crippen LogP contribution is 2.25. The Morgan fingerprint density at radius 1 is 1.08 bits per heavy atom. The standard InChI is InChI=1S/C17H16F3N3O3/c18-17(19,20)16-21-9-13(10-22-16)15(26)23(8-4-7-14(24)25)11-12-5-2-1-3-6-12/h1-3,5-6,9-10H,4,7-8,11H2,(H,24,25). The van der Waals surface area contributed by atoms with Crippen molar-refractivity contribution in [1.82, 2.24) is 14.9 Å². The summed E-state index contributed by atoms with van der Waals surface area (Å²) in [6, 6.07) is 8.97. The van der Waals surface area contributed by atoms with E-state index in [1.807, 2.05) is 6.07 Å². The molecule has 2 rings (SSSR count). The molecule has 138 valence electrons. The van der Waals surface area contributed by atoms with Crippen molar-refractivity contribution in [3.8, 4) is 0 Å². The van der Waals surface area contributed by atoms with Crippen molar-refractivity contribution in [2.75, 3.05) is 6.54 Å². The lowest BCUT2D eigenvalue weighted by Crippen LogP contribution is -2.32. The van der Waals surface area contributed by atoms with Crippen LogP contribution in [0, 0.1) is 0 Å². The molecule has 1 N–H and O–H groups in total. The molecule has 0 aliphatic heterocycles. The van der Waals surface area contributed by atoms with E-state index >= 15 is 0 Å². The highest BCUT2D eigenvalue weighted by Gasteiger charge is 2.34. The first-order chi connectivity index (χ1) is 12.3. The Morgan fingerprint density at radius 2 is 1.69 bits per heavy atom. The van der Waals surface area contributed by atoms with Gasteiger partial charge < -0.3 is 10.0 Å². The van der Waals surface area contributed by atoms with Gasteiger partial charge in [-0.1, -0.05) is 30.3 Å². The lowest BCUT2D eigenvalue weighted by molar-refractivity contribution is -0.145. The molecule has 0 saturated heterocycles. The third kappa shape index (κ3) is 5.54. The number of hydrogen-bond acceptors (Lipinski definition) is 4. The normalized spacial score (nSPS) is 11.2. The van der Waals surface area contributed by atoms with Crippen LogP contribution in [0.3, 0.4) is 0 Å². The Labute approximate surface area is 147 Å². The fourth-order valence-electron chi connectivity index (χ4n) is 2.24. The lowest BCUT2D eigenvalue weighted by atomic mass is 10.1. The highest BCUT2D eigenvalue weighted by molar-refractivity contribution is 5.93. The third-order valence-corrected chi connectivity index (χ3v) is 3.47. The molecule has 0 atom stereocenters. The molecule has 1 heterocycles. The van der Waals surface area contributed by atoms with Crippen LogP contribution in [0.5, 0.6) is 0 Å². The van der Waals surface area contributed by atoms with Gasteiger partial charge in [0, 0.05) is 31.9 Å². The zero-order valence-electron chi connectivity index (χ0n) is 13.6. The van der Waals surface area contributed by atoms with Crippen molar-refractivity contribution in [3.05, 3.63) is 59.7 Å². The van der Waals surface area contributed by atoms with E-state index in [0.29, 0.717) is 0 Å². The Morgan fingerprint density at radius 3 is 2.23 bits per heavy atom. The quantitative estimate of drug-likeness (QED) is 0.813. The molecular weight excluding hydrogens is 351 g/mol. The molecule has 1 aromatic heterocycles. The molecule has 0 aliphatic carbocycles. The van der Waals surface area contributed by atoms with Gasteiger partial charge in [-0.05, 0) is 12.0 Å². The number of halogens is 3. The van der Waals surface area contributed by atoms with E-state index < -0.39 is 23.9 Å². The minimum absolute atomic E-state index is 0.0933. The first kappa shape index (κ1) is 19.4. The fraction of sp³-hybridized carbons (Fsp3) is 0.294. The van der Waals surface area contributed by atoms with Crippen molar-refractivity contribution >= 4 is 11.9 Å². The van der Waals surface area contributed by atoms with E-state index in [4.69, 9.17) is 5.11 Å². The Balaban J connectivity index is 2.16. The van der Waals surface area contributed by atoms with E-state index in [9.17, 15) is 22.8 Å². The SMILES string of the molecule is O=C(O)CCCN(Cc1ccccc1)C(=O)c1cnc(C(F)(F)F)nc1. The number of carbonyl (C=O) groups is 2. The number of rotatable bonds is 7. The monoisotopic (exact) mass is 367 g/mol. The van der Waals surface area contributed by atoms with Gasteiger partial charge in [0.25, 0.3) is 5.91 Å². The maximum Gasteiger partial charge on any atom is 0.451 e. The van der Waals surface area contributed by atoms with Crippen LogP contribution in [0.15, 0.2) is 42.7 Å². The van der Waals surface area contributed by atoms with Crippen LogP contribution in [-0.4, -0.2) is 38.4 Å². The smallest absolute Gasteiger partial charge is 0.451 e. The summed E-state index contributed by atoms with van der Waals surface area (Å²) in [6.07, 6.45) is -2.94. The van der Waals surface area contributed by atoms with Gasteiger partial charge >= 0.3 is 12.1 Å². The van der Waals surface area contributed by atoms with Crippen molar-refractivity contribution in [1.29, 1.82) is 0 Å². The first-order valence-electron chi connectivity index (χ1n) is 7.71. The Hall–Kier alpha value is -2.97. The number of carbonyl (C=O) groups excluding carboxylic acids is 1. The zero-order valence-corrected chi connectivity index (χ0v) is 13.6. The van der Waals surface area contributed by atoms with Gasteiger partial charge in [-0.15, -0.1) is 0 Å². The minimum Gasteiger partial charge on any atom is -0.481 e. The van der Waals surface area contributed by atoms with Gasteiger partial charge in [0.1, 0.15) is 0 Å². The summed E-state index contributed by atoms with van der Waals surface area (Å²) in [5.41, 5.74) is 0.716. The Bertz CT molecular complexity index is 749. The second-order valence-electron chi connectivity index (χ2n) is 5.50. The zero-order chi connectivity index (χ0) is 19.2. The van der Waals surface area contributed by atoms with E-state index in [2.05, 4.69) is 9.97 Å². The molecule has 26 heavy (non-hydrogen) atoms. The lowest BCUT2D eigenvalue weighted by Gasteiger charge is -2.22. The van der Waals surface area contributed by atoms with Crippen LogP contribution in [0.1, 0.15) is 34.6 Å². The molecule has 1 aromatic carbocycles. The number of carboxylic acid groups (broad SMARTS) is 1. The van der Waals surface area contributed by atoms with Crippen LogP contribution in [-0.2, 0) is 17.5 Å². The second kappa shape index (κ2) is 8.41. The van der Waals surface area contributed by atoms with Crippen LogP contribution < -0.4 is 0 Å². The average Bonchev–Trinajstić information content (AvgIpc) is 2.60. The summed E-state index contributed by atoms with van der Waals surface area (Å²) in [5, 5.41) is 8.75. The van der Waals surface area contributed by atoms with Gasteiger partial charge in [-0.3, -0.25) is 9.59 Å². The largest absolute Gasteiger partial charge is 0.481 e. The summed E-state index contributed by atoms with van der Waals surface area (Å²) >= 11 is 0. The van der Waals surface area contributed by atoms with E-state index in [1.54, 1.807) is 24.3 Å². The van der Waals surface area contributed by atoms with Crippen LogP contribution >= 0.6 is 0 Å². The molecule has 0 saturated carbocycles. The third-order valence-electron chi connectivity index (χ3n) is 3.47. The van der Waals surface area contributed by atoms with Crippen molar-refractivity contribution in [2.45, 2.75) is 25.6 Å². The fourth-order valence-corrected chi connectivity index (χ4v) is 2.24. The molecule has 6 nitrogen and oxygen atoms in total. The number of alkyl halides is 3. The molecule has 2 aromatic rings. The predicted molar refractivity (Wildman–Crippen MR) is 85.1 cm³/mol. The number of carboxylic acids is 1. The van der Waals surface area contributed by atoms with Gasteiger partial charge in [0.2, 0.25) is 5.82 Å². The number of nitrogens with zero attached hydrogens (tertiary/aromatic N) is 3. The number of hydrogen-bond donors (Lipinski definition) is 1. The molecule has 0 bridgehead atoms. The summed E-state index contributed by atoms with van der Waals surface area (Å²) in [7, 11) is 0. The van der Waals surface area contributed by atoms with Gasteiger partial charge in [0.15, 0.2) is 0 Å². The van der Waals surface area contributed by atoms with Crippen LogP contribution in [0.25, 0.3) is 0 Å². The molecular formula is C17H16F3N3O3. The summed E-state index contributed by atoms with van der Waals surface area (Å²) in [5.74, 6) is -2.88. The maximum atomic E-state index is 12.6. The molecule has 1 amide bonds. The van der Waals surface area contributed by atoms with E-state index in [1.165, 1.54) is 4.90 Å². The highest BCUT2D eigenvalue weighted by atomic mass is 19.4. The molecule has 0 unspecified atom stereocenters. The van der Waals surface area contributed by atoms with Crippen molar-refractivity contribution < 1.29 is 27.9 Å². The number of amides is 1. The van der Waals surface area contributed by atoms with Gasteiger partial charge in [0.05, 0.1) is 5.56 Å². The maximum absolute atomic E-state index is 12.6. The first-order valence-corrected chi connectivity index (χ1v) is 7.71. The van der Waals surface area contributed by atoms with Gasteiger partial charge in [-0.25, -0.2) is 9.97 Å². The molecule has 0 aliphatic rings. The van der Waals surface area contributed by atoms with Crippen molar-refractivity contribution in [2.24, 2.45) is 0 Å². The van der Waals surface area contributed by atoms with Crippen LogP contribution in [0.4, 0.5) is 13.2 Å². The number of benzene rings is 1. The number of aliphatic carboxylic acids is 1. The Kier molecular flexibility index (Phi) is 6.26. The summed E-state index contributed by atoms with van der Waals surface area (Å²) in [4.78, 5) is 31.0. The van der Waals surface area contributed by atoms with Gasteiger partial charge in [-0.2, -0.15) is 13.2 Å². The molecule has 0 radical (unpaired) electrons. The second-order valence-corrected chi connectivity index (χ2v) is 5.50. The molecule has 0 spiro atoms. The number of aromatic nitrogens is 2. The molecule has 9 heteroatoms.